The third kappa shape index (κ3) is 4.16. The minimum Gasteiger partial charge on any atom is -0.378 e. The van der Waals surface area contributed by atoms with Gasteiger partial charge in [-0.05, 0) is 25.8 Å². The number of carbonyl (C=O) groups excluding carboxylic acids is 1. The number of ether oxygens (including phenoxy) is 1. The maximum atomic E-state index is 13.6. The van der Waals surface area contributed by atoms with Gasteiger partial charge in [0.1, 0.15) is 6.17 Å². The summed E-state index contributed by atoms with van der Waals surface area (Å²) in [6, 6.07) is -0.0914. The monoisotopic (exact) mass is 286 g/mol. The molecule has 0 spiro atoms. The van der Waals surface area contributed by atoms with E-state index in [9.17, 15) is 9.18 Å². The largest absolute Gasteiger partial charge is 0.378 e. The summed E-state index contributed by atoms with van der Waals surface area (Å²) >= 11 is 0. The molecule has 3 aliphatic rings. The number of methoxy groups -OCH3 is 1. The zero-order chi connectivity index (χ0) is 14.4. The Hall–Kier alpha value is -0.680. The summed E-state index contributed by atoms with van der Waals surface area (Å²) in [5.74, 6) is 0.0507. The van der Waals surface area contributed by atoms with Gasteiger partial charge in [0.2, 0.25) is 5.91 Å². The second kappa shape index (κ2) is 7.93. The summed E-state index contributed by atoms with van der Waals surface area (Å²) in [5.41, 5.74) is 0. The van der Waals surface area contributed by atoms with E-state index in [1.807, 2.05) is 0 Å². The normalized spacial score (nSPS) is 33.1. The van der Waals surface area contributed by atoms with Crippen molar-refractivity contribution < 1.29 is 13.9 Å². The number of amides is 1. The van der Waals surface area contributed by atoms with Crippen LogP contribution in [-0.4, -0.2) is 55.9 Å². The lowest BCUT2D eigenvalue weighted by Gasteiger charge is -2.35. The Morgan fingerprint density at radius 3 is 2.35 bits per heavy atom. The van der Waals surface area contributed by atoms with Crippen molar-refractivity contribution in [2.75, 3.05) is 26.7 Å². The number of carbonyl (C=O) groups is 1. The second-order valence-electron chi connectivity index (χ2n) is 5.93. The van der Waals surface area contributed by atoms with Gasteiger partial charge in [0.15, 0.2) is 0 Å². The van der Waals surface area contributed by atoms with Gasteiger partial charge in [-0.2, -0.15) is 0 Å². The summed E-state index contributed by atoms with van der Waals surface area (Å²) in [6.45, 7) is 1.68. The average Bonchev–Trinajstić information content (AvgIpc) is 2.89. The number of rotatable bonds is 2. The molecule has 0 aromatic carbocycles. The first-order valence-corrected chi connectivity index (χ1v) is 7.91. The lowest BCUT2D eigenvalue weighted by molar-refractivity contribution is -0.138. The molecule has 0 aromatic rings. The predicted octanol–water partition coefficient (Wildman–Crippen LogP) is 1.88. The molecule has 0 radical (unpaired) electrons. The summed E-state index contributed by atoms with van der Waals surface area (Å²) in [6.07, 6.45) is 7.10. The molecule has 2 aliphatic heterocycles. The van der Waals surface area contributed by atoms with Crippen LogP contribution >= 0.6 is 0 Å². The van der Waals surface area contributed by atoms with Gasteiger partial charge >= 0.3 is 0 Å². The van der Waals surface area contributed by atoms with Gasteiger partial charge < -0.3 is 15.0 Å². The first kappa shape index (κ1) is 15.7. The number of piperidine rings is 1. The Morgan fingerprint density at radius 2 is 1.90 bits per heavy atom. The highest BCUT2D eigenvalue weighted by Gasteiger charge is 2.34. The summed E-state index contributed by atoms with van der Waals surface area (Å²) in [5, 5.41) is 3.15. The van der Waals surface area contributed by atoms with Gasteiger partial charge in [0.05, 0.1) is 18.7 Å². The maximum absolute atomic E-state index is 13.6. The Morgan fingerprint density at radius 1 is 1.20 bits per heavy atom. The van der Waals surface area contributed by atoms with Crippen LogP contribution in [0.4, 0.5) is 4.39 Å². The second-order valence-corrected chi connectivity index (χ2v) is 5.93. The highest BCUT2D eigenvalue weighted by molar-refractivity contribution is 5.82. The lowest BCUT2D eigenvalue weighted by atomic mass is 10.0. The fourth-order valence-electron chi connectivity index (χ4n) is 2.71. The highest BCUT2D eigenvalue weighted by atomic mass is 19.1. The number of halogens is 1. The molecular formula is C15H27FN2O2. The van der Waals surface area contributed by atoms with E-state index in [2.05, 4.69) is 5.32 Å². The van der Waals surface area contributed by atoms with Crippen molar-refractivity contribution >= 4 is 5.91 Å². The third-order valence-corrected chi connectivity index (χ3v) is 4.45. The molecule has 0 aromatic heterocycles. The maximum Gasteiger partial charge on any atom is 0.239 e. The summed E-state index contributed by atoms with van der Waals surface area (Å²) < 4.78 is 18.6. The van der Waals surface area contributed by atoms with Gasteiger partial charge in [-0.3, -0.25) is 4.79 Å². The number of hydrogen-bond donors (Lipinski definition) is 1. The summed E-state index contributed by atoms with van der Waals surface area (Å²) in [7, 11) is 1.52. The summed E-state index contributed by atoms with van der Waals surface area (Å²) in [4.78, 5) is 13.6. The van der Waals surface area contributed by atoms with Crippen molar-refractivity contribution in [1.29, 1.82) is 0 Å². The van der Waals surface area contributed by atoms with Gasteiger partial charge in [-0.1, -0.05) is 25.7 Å². The van der Waals surface area contributed by atoms with Crippen molar-refractivity contribution in [1.82, 2.24) is 10.2 Å². The molecule has 0 bridgehead atoms. The molecule has 1 amide bonds. The highest BCUT2D eigenvalue weighted by Crippen LogP contribution is 2.19. The molecule has 116 valence electrons. The van der Waals surface area contributed by atoms with Crippen LogP contribution in [0.25, 0.3) is 0 Å². The number of nitrogens with one attached hydrogen (secondary N) is 1. The number of likely N-dealkylation sites (tertiary alicyclic amines) is 1. The predicted molar refractivity (Wildman–Crippen MR) is 76.4 cm³/mol. The topological polar surface area (TPSA) is 41.6 Å². The number of nitrogens with zero attached hydrogens (tertiary/aromatic N) is 1. The van der Waals surface area contributed by atoms with Crippen molar-refractivity contribution in [2.45, 2.75) is 63.3 Å². The van der Waals surface area contributed by atoms with E-state index in [4.69, 9.17) is 4.74 Å². The smallest absolute Gasteiger partial charge is 0.239 e. The zero-order valence-electron chi connectivity index (χ0n) is 12.4. The van der Waals surface area contributed by atoms with Crippen molar-refractivity contribution in [3.05, 3.63) is 0 Å². The molecule has 3 unspecified atom stereocenters. The van der Waals surface area contributed by atoms with Gasteiger partial charge in [-0.15, -0.1) is 0 Å². The Balaban J connectivity index is 0.000000315. The van der Waals surface area contributed by atoms with E-state index in [0.717, 1.165) is 19.4 Å². The molecule has 3 fully saturated rings. The fourth-order valence-corrected chi connectivity index (χ4v) is 2.71. The molecule has 3 rings (SSSR count). The van der Waals surface area contributed by atoms with Crippen LogP contribution in [0.5, 0.6) is 0 Å². The minimum atomic E-state index is -1.05. The van der Waals surface area contributed by atoms with Crippen molar-refractivity contribution in [3.63, 3.8) is 0 Å². The molecule has 2 saturated heterocycles. The third-order valence-electron chi connectivity index (χ3n) is 4.45. The van der Waals surface area contributed by atoms with Crippen LogP contribution in [0.2, 0.25) is 0 Å². The van der Waals surface area contributed by atoms with Gasteiger partial charge in [-0.25, -0.2) is 4.39 Å². The van der Waals surface area contributed by atoms with E-state index in [1.54, 1.807) is 4.90 Å². The fraction of sp³-hybridized carbons (Fsp3) is 0.933. The number of alkyl halides is 1. The van der Waals surface area contributed by atoms with Crippen LogP contribution < -0.4 is 5.32 Å². The standard InChI is InChI=1S/C11H19FN2O2.C4H8/c1-16-10-4-6-14(7-8(10)12)11(15)9-3-2-5-13-9;1-2-4-3-1/h8-10,13H,2-7H2,1H3;1-4H2. The van der Waals surface area contributed by atoms with Crippen LogP contribution in [0, 0.1) is 0 Å². The SMILES string of the molecule is C1CCC1.COC1CCN(C(=O)C2CCCN2)CC1F. The van der Waals surface area contributed by atoms with E-state index in [1.165, 1.54) is 32.8 Å². The van der Waals surface area contributed by atoms with Crippen LogP contribution in [-0.2, 0) is 9.53 Å². The molecular weight excluding hydrogens is 259 g/mol. The molecule has 4 nitrogen and oxygen atoms in total. The van der Waals surface area contributed by atoms with Crippen LogP contribution in [0.15, 0.2) is 0 Å². The first-order chi connectivity index (χ1) is 9.72. The molecule has 20 heavy (non-hydrogen) atoms. The van der Waals surface area contributed by atoms with E-state index >= 15 is 0 Å². The lowest BCUT2D eigenvalue weighted by Crippen LogP contribution is -2.52. The van der Waals surface area contributed by atoms with E-state index in [-0.39, 0.29) is 24.6 Å². The zero-order valence-corrected chi connectivity index (χ0v) is 12.4. The quantitative estimate of drug-likeness (QED) is 0.843. The van der Waals surface area contributed by atoms with E-state index < -0.39 is 6.17 Å². The molecule has 5 heteroatoms. The Kier molecular flexibility index (Phi) is 6.23. The molecule has 1 N–H and O–H groups in total. The van der Waals surface area contributed by atoms with E-state index in [0.29, 0.717) is 13.0 Å². The van der Waals surface area contributed by atoms with Gasteiger partial charge in [0, 0.05) is 13.7 Å². The van der Waals surface area contributed by atoms with Crippen molar-refractivity contribution in [2.24, 2.45) is 0 Å². The Labute approximate surface area is 121 Å². The molecule has 1 aliphatic carbocycles. The van der Waals surface area contributed by atoms with Crippen LogP contribution in [0.1, 0.15) is 44.9 Å². The van der Waals surface area contributed by atoms with Crippen molar-refractivity contribution in [3.8, 4) is 0 Å². The first-order valence-electron chi connectivity index (χ1n) is 7.91. The average molecular weight is 286 g/mol. The van der Waals surface area contributed by atoms with Gasteiger partial charge in [0.25, 0.3) is 0 Å². The molecule has 1 saturated carbocycles. The minimum absolute atomic E-state index is 0.0507. The Bertz CT molecular complexity index is 300. The van der Waals surface area contributed by atoms with Crippen LogP contribution in [0.3, 0.4) is 0 Å². The molecule has 2 heterocycles. The number of hydrogen-bond acceptors (Lipinski definition) is 3. The molecule has 3 atom stereocenters.